The van der Waals surface area contributed by atoms with Gasteiger partial charge in [-0.25, -0.2) is 0 Å². The van der Waals surface area contributed by atoms with E-state index in [-0.39, 0.29) is 5.91 Å². The van der Waals surface area contributed by atoms with Crippen LogP contribution in [0.2, 0.25) is 0 Å². The van der Waals surface area contributed by atoms with Crippen molar-refractivity contribution in [2.75, 3.05) is 13.1 Å². The molecule has 2 unspecified atom stereocenters. The van der Waals surface area contributed by atoms with Crippen LogP contribution in [0.1, 0.15) is 31.2 Å². The number of aliphatic imine (C=N–C) groups is 1. The minimum absolute atomic E-state index is 0.0767. The SMILES string of the molecule is O=C(O)C1CCCCC1C(=O)N1CCN=C1c1ccccc1. The Hall–Kier alpha value is -2.17. The number of nitrogens with zero attached hydrogens (tertiary/aromatic N) is 2. The number of benzene rings is 1. The molecule has 1 saturated carbocycles. The topological polar surface area (TPSA) is 70.0 Å². The summed E-state index contributed by atoms with van der Waals surface area (Å²) in [5.41, 5.74) is 0.913. The quantitative estimate of drug-likeness (QED) is 0.930. The van der Waals surface area contributed by atoms with Crippen LogP contribution in [0.5, 0.6) is 0 Å². The molecule has 2 aliphatic rings. The van der Waals surface area contributed by atoms with Crippen molar-refractivity contribution in [2.24, 2.45) is 16.8 Å². The number of hydrogen-bond donors (Lipinski definition) is 1. The van der Waals surface area contributed by atoms with Gasteiger partial charge in [-0.05, 0) is 12.8 Å². The third-order valence-corrected chi connectivity index (χ3v) is 4.54. The molecule has 1 heterocycles. The van der Waals surface area contributed by atoms with Crippen LogP contribution < -0.4 is 0 Å². The lowest BCUT2D eigenvalue weighted by Gasteiger charge is -2.31. The Morgan fingerprint density at radius 3 is 2.45 bits per heavy atom. The average Bonchev–Trinajstić information content (AvgIpc) is 3.04. The van der Waals surface area contributed by atoms with Crippen LogP contribution in [-0.4, -0.2) is 40.8 Å². The number of amidine groups is 1. The monoisotopic (exact) mass is 300 g/mol. The normalized spacial score (nSPS) is 24.9. The highest BCUT2D eigenvalue weighted by molar-refractivity contribution is 6.09. The summed E-state index contributed by atoms with van der Waals surface area (Å²) in [6, 6.07) is 9.62. The molecular formula is C17H20N2O3. The third kappa shape index (κ3) is 2.75. The summed E-state index contributed by atoms with van der Waals surface area (Å²) in [6.07, 6.45) is 3.07. The Kier molecular flexibility index (Phi) is 4.22. The maximum Gasteiger partial charge on any atom is 0.307 e. The average molecular weight is 300 g/mol. The van der Waals surface area contributed by atoms with Crippen molar-refractivity contribution in [1.82, 2.24) is 4.90 Å². The van der Waals surface area contributed by atoms with E-state index in [1.165, 1.54) is 0 Å². The molecule has 0 radical (unpaired) electrons. The molecule has 1 amide bonds. The molecule has 2 atom stereocenters. The number of carboxylic acids is 1. The maximum atomic E-state index is 12.9. The van der Waals surface area contributed by atoms with E-state index in [0.29, 0.717) is 31.8 Å². The molecule has 0 spiro atoms. The van der Waals surface area contributed by atoms with E-state index in [2.05, 4.69) is 4.99 Å². The van der Waals surface area contributed by atoms with Gasteiger partial charge >= 0.3 is 5.97 Å². The minimum atomic E-state index is -0.851. The van der Waals surface area contributed by atoms with Crippen molar-refractivity contribution in [2.45, 2.75) is 25.7 Å². The minimum Gasteiger partial charge on any atom is -0.481 e. The van der Waals surface area contributed by atoms with Gasteiger partial charge in [0, 0.05) is 12.1 Å². The Balaban J connectivity index is 1.82. The molecule has 0 aromatic heterocycles. The van der Waals surface area contributed by atoms with Gasteiger partial charge in [-0.1, -0.05) is 43.2 Å². The second kappa shape index (κ2) is 6.30. The molecule has 3 rings (SSSR count). The van der Waals surface area contributed by atoms with E-state index in [9.17, 15) is 14.7 Å². The molecule has 5 heteroatoms. The van der Waals surface area contributed by atoms with E-state index in [0.717, 1.165) is 18.4 Å². The summed E-state index contributed by atoms with van der Waals surface area (Å²) in [4.78, 5) is 30.4. The number of carbonyl (C=O) groups is 2. The van der Waals surface area contributed by atoms with E-state index < -0.39 is 17.8 Å². The lowest BCUT2D eigenvalue weighted by molar-refractivity contribution is -0.150. The number of rotatable bonds is 3. The molecule has 1 aliphatic carbocycles. The fourth-order valence-corrected chi connectivity index (χ4v) is 3.42. The smallest absolute Gasteiger partial charge is 0.307 e. The van der Waals surface area contributed by atoms with E-state index in [4.69, 9.17) is 0 Å². The zero-order valence-electron chi connectivity index (χ0n) is 12.4. The van der Waals surface area contributed by atoms with Gasteiger partial charge < -0.3 is 5.11 Å². The highest BCUT2D eigenvalue weighted by atomic mass is 16.4. The van der Waals surface area contributed by atoms with Crippen LogP contribution in [0.25, 0.3) is 0 Å². The number of aliphatic carboxylic acids is 1. The maximum absolute atomic E-state index is 12.9. The van der Waals surface area contributed by atoms with Crippen molar-refractivity contribution >= 4 is 17.7 Å². The fourth-order valence-electron chi connectivity index (χ4n) is 3.42. The first-order valence-corrected chi connectivity index (χ1v) is 7.82. The summed E-state index contributed by atoms with van der Waals surface area (Å²) >= 11 is 0. The highest BCUT2D eigenvalue weighted by Crippen LogP contribution is 2.32. The Morgan fingerprint density at radius 2 is 1.77 bits per heavy atom. The predicted octanol–water partition coefficient (Wildman–Crippen LogP) is 2.17. The number of hydrogen-bond acceptors (Lipinski definition) is 3. The van der Waals surface area contributed by atoms with E-state index >= 15 is 0 Å². The van der Waals surface area contributed by atoms with Gasteiger partial charge in [0.15, 0.2) is 0 Å². The third-order valence-electron chi connectivity index (χ3n) is 4.54. The van der Waals surface area contributed by atoms with Crippen LogP contribution in [0, 0.1) is 11.8 Å². The largest absolute Gasteiger partial charge is 0.481 e. The van der Waals surface area contributed by atoms with Gasteiger partial charge in [0.2, 0.25) is 5.91 Å². The Bertz CT molecular complexity index is 597. The van der Waals surface area contributed by atoms with Crippen molar-refractivity contribution in [3.8, 4) is 0 Å². The van der Waals surface area contributed by atoms with Gasteiger partial charge in [-0.15, -0.1) is 0 Å². The summed E-state index contributed by atoms with van der Waals surface area (Å²) in [5.74, 6) is -1.22. The fraction of sp³-hybridized carbons (Fsp3) is 0.471. The summed E-state index contributed by atoms with van der Waals surface area (Å²) in [6.45, 7) is 1.13. The second-order valence-electron chi connectivity index (χ2n) is 5.90. The molecule has 1 aromatic carbocycles. The zero-order valence-corrected chi connectivity index (χ0v) is 12.4. The first-order valence-electron chi connectivity index (χ1n) is 7.82. The second-order valence-corrected chi connectivity index (χ2v) is 5.90. The van der Waals surface area contributed by atoms with Crippen LogP contribution in [0.4, 0.5) is 0 Å². The summed E-state index contributed by atoms with van der Waals surface area (Å²) in [7, 11) is 0. The van der Waals surface area contributed by atoms with Gasteiger partial charge in [-0.2, -0.15) is 0 Å². The van der Waals surface area contributed by atoms with Gasteiger partial charge in [-0.3, -0.25) is 19.5 Å². The number of carbonyl (C=O) groups excluding carboxylic acids is 1. The van der Waals surface area contributed by atoms with Crippen molar-refractivity contribution in [3.05, 3.63) is 35.9 Å². The highest BCUT2D eigenvalue weighted by Gasteiger charge is 2.39. The molecular weight excluding hydrogens is 280 g/mol. The molecule has 1 fully saturated rings. The molecule has 22 heavy (non-hydrogen) atoms. The molecule has 5 nitrogen and oxygen atoms in total. The predicted molar refractivity (Wildman–Crippen MR) is 82.6 cm³/mol. The van der Waals surface area contributed by atoms with Crippen LogP contribution >= 0.6 is 0 Å². The Labute approximate surface area is 129 Å². The van der Waals surface area contributed by atoms with Gasteiger partial charge in [0.1, 0.15) is 5.84 Å². The lowest BCUT2D eigenvalue weighted by atomic mass is 9.78. The van der Waals surface area contributed by atoms with Crippen LogP contribution in [0.15, 0.2) is 35.3 Å². The van der Waals surface area contributed by atoms with Crippen LogP contribution in [0.3, 0.4) is 0 Å². The molecule has 1 aromatic rings. The molecule has 1 N–H and O–H groups in total. The van der Waals surface area contributed by atoms with E-state index in [1.807, 2.05) is 30.3 Å². The summed E-state index contributed by atoms with van der Waals surface area (Å²) in [5, 5.41) is 9.38. The van der Waals surface area contributed by atoms with Crippen molar-refractivity contribution in [1.29, 1.82) is 0 Å². The summed E-state index contributed by atoms with van der Waals surface area (Å²) < 4.78 is 0. The van der Waals surface area contributed by atoms with Gasteiger partial charge in [0.05, 0.1) is 18.4 Å². The van der Waals surface area contributed by atoms with Crippen molar-refractivity contribution < 1.29 is 14.7 Å². The molecule has 1 aliphatic heterocycles. The standard InChI is InChI=1S/C17H20N2O3/c20-16(13-8-4-5-9-14(13)17(21)22)19-11-10-18-15(19)12-6-2-1-3-7-12/h1-3,6-7,13-14H,4-5,8-11H2,(H,21,22). The zero-order chi connectivity index (χ0) is 15.5. The number of amides is 1. The van der Waals surface area contributed by atoms with E-state index in [1.54, 1.807) is 4.90 Å². The van der Waals surface area contributed by atoms with Gasteiger partial charge in [0.25, 0.3) is 0 Å². The first-order chi connectivity index (χ1) is 10.7. The Morgan fingerprint density at radius 1 is 1.09 bits per heavy atom. The van der Waals surface area contributed by atoms with Crippen molar-refractivity contribution in [3.63, 3.8) is 0 Å². The molecule has 116 valence electrons. The lowest BCUT2D eigenvalue weighted by Crippen LogP contribution is -2.44. The first kappa shape index (κ1) is 14.8. The van der Waals surface area contributed by atoms with Crippen LogP contribution in [-0.2, 0) is 9.59 Å². The number of carboxylic acid groups (broad SMARTS) is 1. The molecule has 0 saturated heterocycles. The molecule has 0 bridgehead atoms.